The average Bonchev–Trinajstić information content (AvgIpc) is 3.00. The van der Waals surface area contributed by atoms with Crippen molar-refractivity contribution in [1.29, 1.82) is 0 Å². The molecule has 2 unspecified atom stereocenters. The third-order valence-electron chi connectivity index (χ3n) is 8.87. The largest absolute Gasteiger partial charge is 0.456 e. The first-order chi connectivity index (χ1) is 13.7. The predicted molar refractivity (Wildman–Crippen MR) is 109 cm³/mol. The van der Waals surface area contributed by atoms with Crippen LogP contribution >= 0.6 is 0 Å². The van der Waals surface area contributed by atoms with Gasteiger partial charge in [-0.3, -0.25) is 14.4 Å². The molecule has 3 aliphatic carbocycles. The van der Waals surface area contributed by atoms with Crippen LogP contribution in [0.4, 0.5) is 0 Å². The first-order valence-corrected chi connectivity index (χ1v) is 11.1. The van der Waals surface area contributed by atoms with Crippen molar-refractivity contribution < 1.29 is 19.1 Å². The van der Waals surface area contributed by atoms with Gasteiger partial charge in [-0.25, -0.2) is 0 Å². The Kier molecular flexibility index (Phi) is 5.02. The van der Waals surface area contributed by atoms with Gasteiger partial charge in [-0.2, -0.15) is 0 Å². The summed E-state index contributed by atoms with van der Waals surface area (Å²) in [4.78, 5) is 37.4. The second-order valence-corrected chi connectivity index (χ2v) is 10.1. The molecule has 1 aliphatic heterocycles. The van der Waals surface area contributed by atoms with E-state index in [9.17, 15) is 14.4 Å². The van der Waals surface area contributed by atoms with Crippen molar-refractivity contribution in [3.05, 3.63) is 12.2 Å². The van der Waals surface area contributed by atoms with E-state index >= 15 is 0 Å². The van der Waals surface area contributed by atoms with Gasteiger partial charge in [0.25, 0.3) is 5.91 Å². The molecule has 4 rings (SSSR count). The summed E-state index contributed by atoms with van der Waals surface area (Å²) in [5, 5.41) is 3.17. The molecule has 0 saturated heterocycles. The van der Waals surface area contributed by atoms with Crippen molar-refractivity contribution >= 4 is 17.8 Å². The van der Waals surface area contributed by atoms with Gasteiger partial charge in [-0.15, -0.1) is 0 Å². The topological polar surface area (TPSA) is 75.7 Å². The molecular weight excluding hydrogens is 368 g/mol. The molecule has 6 nitrogen and oxygen atoms in total. The highest BCUT2D eigenvalue weighted by Crippen LogP contribution is 2.63. The fraction of sp³-hybridized carbons (Fsp3) is 0.783. The number of ether oxygens (including phenoxy) is 1. The maximum absolute atomic E-state index is 12.3. The summed E-state index contributed by atoms with van der Waals surface area (Å²) < 4.78 is 4.87. The lowest BCUT2D eigenvalue weighted by Crippen LogP contribution is -2.60. The molecule has 4 aliphatic rings. The zero-order valence-corrected chi connectivity index (χ0v) is 18.1. The van der Waals surface area contributed by atoms with Crippen LogP contribution in [0.15, 0.2) is 12.2 Å². The van der Waals surface area contributed by atoms with E-state index in [1.165, 1.54) is 6.92 Å². The van der Waals surface area contributed by atoms with Crippen LogP contribution in [-0.4, -0.2) is 48.4 Å². The number of rotatable bonds is 3. The van der Waals surface area contributed by atoms with Crippen LogP contribution in [0.1, 0.15) is 59.3 Å². The standard InChI is InChI=1S/C23H34N2O4/c1-14(26)29-13-20(27)24-18-7-6-16-15-5-8-19-23(3,12-10-21(28)25(19)4)17(15)9-11-22(16,18)2/h10,12,15-19H,5-9,11,13H2,1-4H3,(H,24,27)/t15-,16-,17+,18?,19?,22-,23+/m0/s1. The fourth-order valence-electron chi connectivity index (χ4n) is 7.38. The SMILES string of the molecule is CC(=O)OCC(=O)NC1CC[C@H]2[C@@H]3CCC4N(C)C(=O)C=C[C@]4(C)[C@@H]3CC[C@]12C. The zero-order valence-electron chi connectivity index (χ0n) is 18.1. The van der Waals surface area contributed by atoms with Crippen molar-refractivity contribution in [3.8, 4) is 0 Å². The van der Waals surface area contributed by atoms with Crippen molar-refractivity contribution in [1.82, 2.24) is 10.2 Å². The lowest BCUT2D eigenvalue weighted by molar-refractivity contribution is -0.147. The number of carbonyl (C=O) groups is 3. The Hall–Kier alpha value is -1.85. The summed E-state index contributed by atoms with van der Waals surface area (Å²) in [6.45, 7) is 5.83. The molecule has 29 heavy (non-hydrogen) atoms. The molecule has 7 atom stereocenters. The van der Waals surface area contributed by atoms with Crippen molar-refractivity contribution in [2.24, 2.45) is 28.6 Å². The number of nitrogens with zero attached hydrogens (tertiary/aromatic N) is 1. The van der Waals surface area contributed by atoms with E-state index in [0.717, 1.165) is 38.5 Å². The minimum Gasteiger partial charge on any atom is -0.456 e. The van der Waals surface area contributed by atoms with Gasteiger partial charge in [0.15, 0.2) is 6.61 Å². The molecule has 1 N–H and O–H groups in total. The first-order valence-electron chi connectivity index (χ1n) is 11.1. The molecule has 3 saturated carbocycles. The lowest BCUT2D eigenvalue weighted by atomic mass is 9.48. The van der Waals surface area contributed by atoms with Crippen molar-refractivity contribution in [2.75, 3.05) is 13.7 Å². The number of nitrogens with one attached hydrogen (secondary N) is 1. The molecular formula is C23H34N2O4. The Bertz CT molecular complexity index is 749. The third-order valence-corrected chi connectivity index (χ3v) is 8.87. The van der Waals surface area contributed by atoms with Gasteiger partial charge in [-0.1, -0.05) is 19.9 Å². The highest BCUT2D eigenvalue weighted by atomic mass is 16.5. The minimum absolute atomic E-state index is 0.0452. The summed E-state index contributed by atoms with van der Waals surface area (Å²) in [5.41, 5.74) is 0.139. The Morgan fingerprint density at radius 1 is 1.17 bits per heavy atom. The van der Waals surface area contributed by atoms with Crippen LogP contribution in [0.5, 0.6) is 0 Å². The summed E-state index contributed by atoms with van der Waals surface area (Å²) in [5.74, 6) is 1.32. The van der Waals surface area contributed by atoms with E-state index < -0.39 is 5.97 Å². The second-order valence-electron chi connectivity index (χ2n) is 10.1. The molecule has 3 fully saturated rings. The highest BCUT2D eigenvalue weighted by Gasteiger charge is 2.60. The minimum atomic E-state index is -0.426. The van der Waals surface area contributed by atoms with E-state index in [1.807, 2.05) is 11.9 Å². The average molecular weight is 403 g/mol. The van der Waals surface area contributed by atoms with Crippen molar-refractivity contribution in [3.63, 3.8) is 0 Å². The molecule has 0 aromatic carbocycles. The van der Waals surface area contributed by atoms with Gasteiger partial charge < -0.3 is 15.0 Å². The van der Waals surface area contributed by atoms with Crippen LogP contribution in [0.2, 0.25) is 0 Å². The molecule has 2 amide bonds. The molecule has 160 valence electrons. The number of hydrogen-bond donors (Lipinski definition) is 1. The van der Waals surface area contributed by atoms with E-state index in [1.54, 1.807) is 6.08 Å². The molecule has 0 radical (unpaired) electrons. The Balaban J connectivity index is 1.51. The Morgan fingerprint density at radius 3 is 2.66 bits per heavy atom. The van der Waals surface area contributed by atoms with Crippen molar-refractivity contribution in [2.45, 2.75) is 71.4 Å². The summed E-state index contributed by atoms with van der Waals surface area (Å²) in [6, 6.07) is 0.444. The number of carbonyl (C=O) groups excluding carboxylic acids is 3. The number of hydrogen-bond acceptors (Lipinski definition) is 4. The van der Waals surface area contributed by atoms with Crippen LogP contribution in [0.3, 0.4) is 0 Å². The molecule has 6 heteroatoms. The molecule has 0 aromatic heterocycles. The molecule has 0 bridgehead atoms. The maximum Gasteiger partial charge on any atom is 0.303 e. The van der Waals surface area contributed by atoms with Crippen LogP contribution in [0.25, 0.3) is 0 Å². The van der Waals surface area contributed by atoms with E-state index in [0.29, 0.717) is 23.8 Å². The Morgan fingerprint density at radius 2 is 1.93 bits per heavy atom. The summed E-state index contributed by atoms with van der Waals surface area (Å²) in [6.07, 6.45) is 10.5. The smallest absolute Gasteiger partial charge is 0.303 e. The van der Waals surface area contributed by atoms with Gasteiger partial charge in [0.05, 0.1) is 0 Å². The van der Waals surface area contributed by atoms with Gasteiger partial charge in [0.2, 0.25) is 5.91 Å². The number of amides is 2. The first kappa shape index (κ1) is 20.4. The lowest BCUT2D eigenvalue weighted by Gasteiger charge is -2.60. The fourth-order valence-corrected chi connectivity index (χ4v) is 7.38. The quantitative estimate of drug-likeness (QED) is 0.737. The van der Waals surface area contributed by atoms with Crippen LogP contribution < -0.4 is 5.32 Å². The zero-order chi connectivity index (χ0) is 21.0. The number of likely N-dealkylation sites (N-methyl/N-ethyl adjacent to an activating group) is 1. The second kappa shape index (κ2) is 7.13. The van der Waals surface area contributed by atoms with E-state index in [2.05, 4.69) is 25.2 Å². The third kappa shape index (κ3) is 3.19. The van der Waals surface area contributed by atoms with E-state index in [4.69, 9.17) is 4.74 Å². The van der Waals surface area contributed by atoms with Gasteiger partial charge in [0, 0.05) is 31.5 Å². The normalized spacial score (nSPS) is 43.2. The monoisotopic (exact) mass is 402 g/mol. The van der Waals surface area contributed by atoms with Crippen LogP contribution in [-0.2, 0) is 19.1 Å². The predicted octanol–water partition coefficient (Wildman–Crippen LogP) is 2.67. The Labute approximate surface area is 173 Å². The number of esters is 1. The van der Waals surface area contributed by atoms with Gasteiger partial charge >= 0.3 is 5.97 Å². The summed E-state index contributed by atoms with van der Waals surface area (Å²) in [7, 11) is 1.95. The van der Waals surface area contributed by atoms with E-state index in [-0.39, 0.29) is 35.3 Å². The van der Waals surface area contributed by atoms with Crippen LogP contribution in [0, 0.1) is 28.6 Å². The molecule has 0 spiro atoms. The van der Waals surface area contributed by atoms with Gasteiger partial charge in [-0.05, 0) is 67.8 Å². The number of fused-ring (bicyclic) bond motifs is 5. The van der Waals surface area contributed by atoms with Gasteiger partial charge in [0.1, 0.15) is 0 Å². The summed E-state index contributed by atoms with van der Waals surface area (Å²) >= 11 is 0. The maximum atomic E-state index is 12.3. The highest BCUT2D eigenvalue weighted by molar-refractivity contribution is 5.89. The molecule has 1 heterocycles. The molecule has 0 aromatic rings.